The summed E-state index contributed by atoms with van der Waals surface area (Å²) < 4.78 is 75.5. The Balaban J connectivity index is 1.13. The molecule has 0 saturated carbocycles. The van der Waals surface area contributed by atoms with E-state index in [-0.39, 0.29) is 164 Å². The first-order valence-corrected chi connectivity index (χ1v) is 43.9. The molecule has 0 amide bonds. The van der Waals surface area contributed by atoms with E-state index in [1.165, 1.54) is 27.7 Å². The third-order valence-corrected chi connectivity index (χ3v) is 28.0. The number of hydrogen-bond donors (Lipinski definition) is 8. The maximum Gasteiger partial charge on any atom is 0.380 e. The van der Waals surface area contributed by atoms with Crippen LogP contribution in [0.25, 0.3) is 0 Å². The predicted octanol–water partition coefficient (Wildman–Crippen LogP) is 18.3. The molecule has 552 valence electrons. The van der Waals surface area contributed by atoms with Crippen LogP contribution in [0.5, 0.6) is 69.0 Å². The van der Waals surface area contributed by atoms with Crippen LogP contribution < -0.4 is 18.1 Å². The molecule has 0 atom stereocenters. The lowest BCUT2D eigenvalue weighted by atomic mass is 9.73. The largest absolute Gasteiger partial charge is 0.507 e. The fraction of sp³-hybridized carbons (Fsp3) is 0.368. The van der Waals surface area contributed by atoms with Crippen molar-refractivity contribution in [2.45, 2.75) is 107 Å². The molecule has 104 heavy (non-hydrogen) atoms. The Kier molecular flexibility index (Phi) is 20.4. The third kappa shape index (κ3) is 15.2. The van der Waals surface area contributed by atoms with Gasteiger partial charge in [-0.1, -0.05) is 104 Å². The average Bonchev–Trinajstić information content (AvgIpc) is 0.727. The summed E-state index contributed by atoms with van der Waals surface area (Å²) in [6.45, 7) is 10.1. The summed E-state index contributed by atoms with van der Waals surface area (Å²) in [5.41, 5.74) is 0.464. The minimum absolute atomic E-state index is 0.0404. The number of phenolic OH excluding ortho intramolecular Hbond substituents is 8. The van der Waals surface area contributed by atoms with Gasteiger partial charge in [-0.25, -0.2) is 0 Å². The monoisotopic (exact) mass is 1570 g/mol. The van der Waals surface area contributed by atoms with Gasteiger partial charge in [-0.15, -0.1) is 0 Å². The van der Waals surface area contributed by atoms with Crippen molar-refractivity contribution in [2.75, 3.05) is 52.9 Å². The molecule has 4 saturated heterocycles. The van der Waals surface area contributed by atoms with Crippen molar-refractivity contribution in [3.63, 3.8) is 0 Å². The zero-order valence-corrected chi connectivity index (χ0v) is 66.3. The van der Waals surface area contributed by atoms with Gasteiger partial charge in [0.2, 0.25) is 0 Å². The maximum absolute atomic E-state index is 13.2. The van der Waals surface area contributed by atoms with Crippen molar-refractivity contribution in [1.82, 2.24) is 0 Å². The Morgan fingerprint density at radius 1 is 0.279 bits per heavy atom. The van der Waals surface area contributed by atoms with E-state index in [0.717, 1.165) is 0 Å². The standard InChI is InChI=1S/C76H84O20P4S4/c1-41-65(77)53-29-54(66(41)78)62(46-18-14-22-50(26-46)94-98(102)87-35-74(7,8)36-88-98)56-31-58(70(82)43(3)68(56)80)64(48-20-16-24-52(28-48)96-100(104)91-39-76(11,12)40-92-100)60-32-59(71(83)44(4)72(60)84)63(47-19-15-23-51(27-47)95-99(103)89-37-75(9,10)38-90-99)57-30-55(67(79)42(2)69(57)81)61(53)45-17-13-21-49(25-45)93-97(101)85-33-73(5,6)34-86-97/h13-32,61-64,77-84H,33-40H2,1-12H3. The number of rotatable bonds is 12. The highest BCUT2D eigenvalue weighted by Crippen LogP contribution is 2.62. The Hall–Kier alpha value is -6.36. The minimum atomic E-state index is -3.45. The van der Waals surface area contributed by atoms with Crippen LogP contribution in [0.2, 0.25) is 0 Å². The normalized spacial score (nSPS) is 22.5. The van der Waals surface area contributed by atoms with Crippen molar-refractivity contribution in [2.24, 2.45) is 21.7 Å². The van der Waals surface area contributed by atoms with Gasteiger partial charge in [0.15, 0.2) is 0 Å². The quantitative estimate of drug-likeness (QED) is 0.0528. The highest BCUT2D eigenvalue weighted by molar-refractivity contribution is 8.08. The maximum atomic E-state index is 13.2. The van der Waals surface area contributed by atoms with Crippen LogP contribution in [-0.4, -0.2) is 93.7 Å². The van der Waals surface area contributed by atoms with Crippen molar-refractivity contribution in [3.05, 3.63) is 210 Å². The van der Waals surface area contributed by atoms with E-state index >= 15 is 0 Å². The molecule has 0 spiro atoms. The first-order chi connectivity index (χ1) is 48.8. The lowest BCUT2D eigenvalue weighted by molar-refractivity contribution is 0.0405. The van der Waals surface area contributed by atoms with Crippen LogP contribution in [0, 0.1) is 49.4 Å². The van der Waals surface area contributed by atoms with Crippen molar-refractivity contribution in [3.8, 4) is 69.0 Å². The molecule has 4 aliphatic heterocycles. The molecule has 4 fully saturated rings. The molecular formula is C76H84O20P4S4. The highest BCUT2D eigenvalue weighted by atomic mass is 32.5. The van der Waals surface area contributed by atoms with E-state index in [1.54, 1.807) is 121 Å². The second-order valence-corrected chi connectivity index (χ2v) is 42.3. The number of hydrogen-bond acceptors (Lipinski definition) is 24. The smallest absolute Gasteiger partial charge is 0.380 e. The number of fused-ring (bicyclic) bond motifs is 8. The SMILES string of the molecule is Cc1c(O)c2cc(c1O)C(c1cccc(OP3(=S)OCC(C)(C)CO3)c1)c1cc(c(O)c(C)c1O)C(c1cccc(OP3(=S)OCC(C)(C)CO3)c1)c1cc(c(O)c(C)c1O)C(c1cccc(OP3(=S)OCC(C)(C)CO3)c1)c1cc(c(O)c(C)c1O)C2c1cccc(OP2(=S)OCC(C)(C)CO2)c1. The fourth-order valence-corrected chi connectivity index (χ4v) is 21.9. The summed E-state index contributed by atoms with van der Waals surface area (Å²) in [6, 6.07) is 33.5. The number of benzene rings is 8. The highest BCUT2D eigenvalue weighted by Gasteiger charge is 2.43. The van der Waals surface area contributed by atoms with E-state index in [1.807, 2.05) is 55.4 Å². The molecule has 4 heterocycles. The van der Waals surface area contributed by atoms with E-state index < -0.39 is 96.5 Å². The number of phenols is 8. The van der Waals surface area contributed by atoms with Gasteiger partial charge < -0.3 is 58.9 Å². The van der Waals surface area contributed by atoms with Gasteiger partial charge >= 0.3 is 26.9 Å². The summed E-state index contributed by atoms with van der Waals surface area (Å²) in [4.78, 5) is 0. The first kappa shape index (κ1) is 75.9. The molecule has 8 aromatic carbocycles. The molecule has 8 bridgehead atoms. The molecule has 1 aliphatic carbocycles. The molecule has 0 aromatic heterocycles. The Bertz CT molecular complexity index is 4200. The second-order valence-electron chi connectivity index (χ2n) is 30.5. The molecule has 28 heteroatoms. The van der Waals surface area contributed by atoms with Gasteiger partial charge in [-0.05, 0) is 123 Å². The fourth-order valence-electron chi connectivity index (χ4n) is 13.3. The molecule has 0 unspecified atom stereocenters. The van der Waals surface area contributed by atoms with Crippen molar-refractivity contribution in [1.29, 1.82) is 0 Å². The lowest BCUT2D eigenvalue weighted by Gasteiger charge is -2.35. The van der Waals surface area contributed by atoms with Crippen LogP contribution in [0.1, 0.15) is 168 Å². The Morgan fingerprint density at radius 2 is 0.433 bits per heavy atom. The molecule has 8 aromatic rings. The molecular weight excluding hydrogens is 1480 g/mol. The van der Waals surface area contributed by atoms with Crippen LogP contribution >= 0.6 is 26.9 Å². The summed E-state index contributed by atoms with van der Waals surface area (Å²) in [6.07, 6.45) is 0. The summed E-state index contributed by atoms with van der Waals surface area (Å²) in [7, 11) is 0. The van der Waals surface area contributed by atoms with Gasteiger partial charge in [0.1, 0.15) is 69.0 Å². The van der Waals surface area contributed by atoms with E-state index in [2.05, 4.69) is 0 Å². The molecule has 20 nitrogen and oxygen atoms in total. The topological polar surface area (TPSA) is 273 Å². The van der Waals surface area contributed by atoms with Crippen LogP contribution in [0.4, 0.5) is 0 Å². The van der Waals surface area contributed by atoms with Gasteiger partial charge in [0.05, 0.1) is 52.9 Å². The first-order valence-electron chi connectivity index (χ1n) is 33.7. The molecule has 0 radical (unpaired) electrons. The third-order valence-electron chi connectivity index (χ3n) is 19.3. The second kappa shape index (κ2) is 28.0. The van der Waals surface area contributed by atoms with E-state index in [9.17, 15) is 40.9 Å². The summed E-state index contributed by atoms with van der Waals surface area (Å²) in [5, 5.41) is 105. The number of aromatic hydroxyl groups is 8. The molecule has 13 rings (SSSR count). The zero-order valence-electron chi connectivity index (χ0n) is 59.4. The zero-order chi connectivity index (χ0) is 74.8. The van der Waals surface area contributed by atoms with Gasteiger partial charge in [0.25, 0.3) is 0 Å². The minimum Gasteiger partial charge on any atom is -0.507 e. The van der Waals surface area contributed by atoms with Gasteiger partial charge in [-0.2, -0.15) is 0 Å². The Morgan fingerprint density at radius 3 is 0.587 bits per heavy atom. The Labute approximate surface area is 625 Å². The van der Waals surface area contributed by atoms with Crippen molar-refractivity contribution >= 4 is 74.1 Å². The van der Waals surface area contributed by atoms with E-state index in [4.69, 9.17) is 102 Å². The van der Waals surface area contributed by atoms with E-state index in [0.29, 0.717) is 22.3 Å². The van der Waals surface area contributed by atoms with Crippen molar-refractivity contribution < 1.29 is 95.1 Å². The molecule has 8 N–H and O–H groups in total. The van der Waals surface area contributed by atoms with Gasteiger partial charge in [-0.3, -0.25) is 36.2 Å². The summed E-state index contributed by atoms with van der Waals surface area (Å²) in [5.74, 6) is -7.84. The lowest BCUT2D eigenvalue weighted by Crippen LogP contribution is -2.30. The predicted molar refractivity (Wildman–Crippen MR) is 410 cm³/mol. The van der Waals surface area contributed by atoms with Crippen LogP contribution in [-0.2, 0) is 83.4 Å². The van der Waals surface area contributed by atoms with Crippen LogP contribution in [0.15, 0.2) is 121 Å². The summed E-state index contributed by atoms with van der Waals surface area (Å²) >= 11 is 23.9. The van der Waals surface area contributed by atoms with Gasteiger partial charge in [0, 0.05) is 159 Å². The molecule has 5 aliphatic rings. The van der Waals surface area contributed by atoms with Crippen LogP contribution in [0.3, 0.4) is 0 Å². The average molecular weight is 1570 g/mol.